The molecule has 106 valence electrons. The molecule has 0 unspecified atom stereocenters. The predicted octanol–water partition coefficient (Wildman–Crippen LogP) is 4.26. The average molecular weight is 276 g/mol. The van der Waals surface area contributed by atoms with E-state index >= 15 is 0 Å². The van der Waals surface area contributed by atoms with Crippen LogP contribution < -0.4 is 0 Å². The van der Waals surface area contributed by atoms with Gasteiger partial charge in [0.25, 0.3) is 0 Å². The van der Waals surface area contributed by atoms with Gasteiger partial charge in [0.1, 0.15) is 0 Å². The molecule has 0 atom stereocenters. The first kappa shape index (κ1) is 13.8. The molecule has 0 aliphatic heterocycles. The van der Waals surface area contributed by atoms with Crippen molar-refractivity contribution in [3.05, 3.63) is 78.1 Å². The summed E-state index contributed by atoms with van der Waals surface area (Å²) in [7, 11) is 0. The van der Waals surface area contributed by atoms with E-state index in [9.17, 15) is 0 Å². The highest BCUT2D eigenvalue weighted by Crippen LogP contribution is 2.20. The fourth-order valence-electron chi connectivity index (χ4n) is 2.70. The maximum Gasteiger partial charge on any atom is 0.0271 e. The van der Waals surface area contributed by atoms with E-state index in [1.54, 1.807) is 0 Å². The number of fused-ring (bicyclic) bond motifs is 1. The highest BCUT2D eigenvalue weighted by Gasteiger charge is 2.07. The van der Waals surface area contributed by atoms with Crippen LogP contribution in [0.4, 0.5) is 0 Å². The second-order valence-corrected chi connectivity index (χ2v) is 5.30. The molecule has 0 amide bonds. The molecule has 2 aromatic carbocycles. The topological polar surface area (TPSA) is 16.1 Å². The van der Waals surface area contributed by atoms with Crippen LogP contribution in [0.25, 0.3) is 10.8 Å². The molecule has 0 spiro atoms. The maximum atomic E-state index is 4.08. The first-order valence-electron chi connectivity index (χ1n) is 7.44. The minimum atomic E-state index is 0.961. The first-order chi connectivity index (χ1) is 10.4. The van der Waals surface area contributed by atoms with Crippen LogP contribution in [0.15, 0.2) is 67.0 Å². The zero-order chi connectivity index (χ0) is 14.5. The van der Waals surface area contributed by atoms with Gasteiger partial charge in [0.05, 0.1) is 0 Å². The molecule has 0 fully saturated rings. The van der Waals surface area contributed by atoms with Crippen LogP contribution in [0.3, 0.4) is 0 Å². The Hall–Kier alpha value is -2.19. The molecule has 1 aromatic heterocycles. The Bertz CT molecular complexity index is 702. The van der Waals surface area contributed by atoms with Crippen LogP contribution in [0.5, 0.6) is 0 Å². The van der Waals surface area contributed by atoms with Crippen molar-refractivity contribution >= 4 is 10.8 Å². The summed E-state index contributed by atoms with van der Waals surface area (Å²) in [5.41, 5.74) is 2.70. The van der Waals surface area contributed by atoms with Gasteiger partial charge in [-0.3, -0.25) is 9.88 Å². The smallest absolute Gasteiger partial charge is 0.0271 e. The van der Waals surface area contributed by atoms with Gasteiger partial charge in [0.15, 0.2) is 0 Å². The molecule has 0 saturated heterocycles. The van der Waals surface area contributed by atoms with Gasteiger partial charge in [-0.2, -0.15) is 0 Å². The van der Waals surface area contributed by atoms with Crippen molar-refractivity contribution in [3.8, 4) is 0 Å². The predicted molar refractivity (Wildman–Crippen MR) is 88.0 cm³/mol. The second-order valence-electron chi connectivity index (χ2n) is 5.30. The number of nitrogens with zero attached hydrogens (tertiary/aromatic N) is 2. The van der Waals surface area contributed by atoms with Crippen molar-refractivity contribution in [3.63, 3.8) is 0 Å². The zero-order valence-electron chi connectivity index (χ0n) is 12.4. The largest absolute Gasteiger partial charge is 0.295 e. The van der Waals surface area contributed by atoms with Crippen LogP contribution in [0.2, 0.25) is 0 Å². The average Bonchev–Trinajstić information content (AvgIpc) is 2.55. The lowest BCUT2D eigenvalue weighted by Crippen LogP contribution is -2.22. The lowest BCUT2D eigenvalue weighted by atomic mass is 10.0. The van der Waals surface area contributed by atoms with Gasteiger partial charge in [0.2, 0.25) is 0 Å². The lowest BCUT2D eigenvalue weighted by molar-refractivity contribution is 0.272. The van der Waals surface area contributed by atoms with Crippen LogP contribution in [0.1, 0.15) is 18.1 Å². The minimum absolute atomic E-state index is 0.961. The van der Waals surface area contributed by atoms with Gasteiger partial charge in [-0.25, -0.2) is 0 Å². The van der Waals surface area contributed by atoms with E-state index in [1.165, 1.54) is 21.9 Å². The lowest BCUT2D eigenvalue weighted by Gasteiger charge is -2.21. The van der Waals surface area contributed by atoms with E-state index in [4.69, 9.17) is 0 Å². The quantitative estimate of drug-likeness (QED) is 0.692. The van der Waals surface area contributed by atoms with E-state index in [1.807, 2.05) is 12.4 Å². The number of aromatic nitrogens is 1. The standard InChI is InChI=1S/C19H20N2/c1-2-21(14-16-10-12-20-13-11-16)15-18-8-5-7-17-6-3-4-9-19(17)18/h3-13H,2,14-15H2,1H3. The van der Waals surface area contributed by atoms with Crippen LogP contribution in [0, 0.1) is 0 Å². The third-order valence-corrected chi connectivity index (χ3v) is 3.88. The van der Waals surface area contributed by atoms with Crippen LogP contribution in [-0.2, 0) is 13.1 Å². The summed E-state index contributed by atoms with van der Waals surface area (Å²) in [5.74, 6) is 0. The van der Waals surface area contributed by atoms with Crippen LogP contribution in [-0.4, -0.2) is 16.4 Å². The van der Waals surface area contributed by atoms with Crippen molar-refractivity contribution in [1.29, 1.82) is 0 Å². The monoisotopic (exact) mass is 276 g/mol. The van der Waals surface area contributed by atoms with E-state index in [-0.39, 0.29) is 0 Å². The summed E-state index contributed by atoms with van der Waals surface area (Å²) in [6.45, 7) is 5.18. The van der Waals surface area contributed by atoms with E-state index in [0.29, 0.717) is 0 Å². The molecule has 21 heavy (non-hydrogen) atoms. The summed E-state index contributed by atoms with van der Waals surface area (Å²) >= 11 is 0. The second kappa shape index (κ2) is 6.51. The molecule has 2 nitrogen and oxygen atoms in total. The maximum absolute atomic E-state index is 4.08. The Labute approximate surface area is 126 Å². The minimum Gasteiger partial charge on any atom is -0.295 e. The summed E-state index contributed by atoms with van der Waals surface area (Å²) < 4.78 is 0. The molecule has 3 aromatic rings. The molecule has 2 heteroatoms. The molecule has 0 saturated carbocycles. The van der Waals surface area contributed by atoms with Gasteiger partial charge in [-0.15, -0.1) is 0 Å². The molecule has 0 aliphatic carbocycles. The van der Waals surface area contributed by atoms with Gasteiger partial charge in [0, 0.05) is 25.5 Å². The molecule has 0 radical (unpaired) electrons. The summed E-state index contributed by atoms with van der Waals surface area (Å²) in [4.78, 5) is 6.54. The fraction of sp³-hybridized carbons (Fsp3) is 0.211. The summed E-state index contributed by atoms with van der Waals surface area (Å²) in [6.07, 6.45) is 3.72. The van der Waals surface area contributed by atoms with Gasteiger partial charge in [-0.1, -0.05) is 49.4 Å². The SMILES string of the molecule is CCN(Cc1ccncc1)Cc1cccc2ccccc12. The Morgan fingerprint density at radius 3 is 2.43 bits per heavy atom. The normalized spacial score (nSPS) is 11.1. The zero-order valence-corrected chi connectivity index (χ0v) is 12.4. The van der Waals surface area contributed by atoms with Crippen molar-refractivity contribution in [2.24, 2.45) is 0 Å². The molecule has 3 rings (SSSR count). The van der Waals surface area contributed by atoms with Crippen molar-refractivity contribution in [2.75, 3.05) is 6.54 Å². The summed E-state index contributed by atoms with van der Waals surface area (Å²) in [5, 5.41) is 2.67. The number of hydrogen-bond donors (Lipinski definition) is 0. The third kappa shape index (κ3) is 3.29. The van der Waals surface area contributed by atoms with E-state index in [2.05, 4.69) is 71.4 Å². The summed E-state index contributed by atoms with van der Waals surface area (Å²) in [6, 6.07) is 19.3. The number of hydrogen-bond acceptors (Lipinski definition) is 2. The Morgan fingerprint density at radius 2 is 1.62 bits per heavy atom. The molecular formula is C19H20N2. The third-order valence-electron chi connectivity index (χ3n) is 3.88. The Morgan fingerprint density at radius 1 is 0.857 bits per heavy atom. The van der Waals surface area contributed by atoms with Crippen molar-refractivity contribution in [2.45, 2.75) is 20.0 Å². The van der Waals surface area contributed by atoms with E-state index in [0.717, 1.165) is 19.6 Å². The molecule has 0 bridgehead atoms. The molecule has 1 heterocycles. The Balaban J connectivity index is 1.82. The molecule has 0 aliphatic rings. The van der Waals surface area contributed by atoms with Gasteiger partial charge >= 0.3 is 0 Å². The van der Waals surface area contributed by atoms with Crippen molar-refractivity contribution < 1.29 is 0 Å². The number of benzene rings is 2. The highest BCUT2D eigenvalue weighted by atomic mass is 15.1. The number of rotatable bonds is 5. The molecular weight excluding hydrogens is 256 g/mol. The van der Waals surface area contributed by atoms with Gasteiger partial charge < -0.3 is 0 Å². The number of pyridine rings is 1. The van der Waals surface area contributed by atoms with Crippen molar-refractivity contribution in [1.82, 2.24) is 9.88 Å². The highest BCUT2D eigenvalue weighted by molar-refractivity contribution is 5.85. The first-order valence-corrected chi connectivity index (χ1v) is 7.44. The van der Waals surface area contributed by atoms with Gasteiger partial charge in [-0.05, 0) is 40.6 Å². The molecule has 0 N–H and O–H groups in total. The Kier molecular flexibility index (Phi) is 4.27. The fourth-order valence-corrected chi connectivity index (χ4v) is 2.70. The van der Waals surface area contributed by atoms with E-state index < -0.39 is 0 Å². The van der Waals surface area contributed by atoms with Crippen LogP contribution >= 0.6 is 0 Å².